The van der Waals surface area contributed by atoms with Crippen molar-refractivity contribution < 1.29 is 14.7 Å². The molecule has 0 radical (unpaired) electrons. The third-order valence-electron chi connectivity index (χ3n) is 1.97. The molecule has 94 valence electrons. The van der Waals surface area contributed by atoms with Gasteiger partial charge in [0.1, 0.15) is 0 Å². The number of imide groups is 1. The summed E-state index contributed by atoms with van der Waals surface area (Å²) in [5, 5.41) is 16.6. The lowest BCUT2D eigenvalue weighted by atomic mass is 10.1. The van der Waals surface area contributed by atoms with Crippen LogP contribution in [-0.2, 0) is 4.79 Å². The molecular weight excluding hydrogens is 210 g/mol. The molecule has 0 aromatic carbocycles. The molecule has 3 amide bonds. The van der Waals surface area contributed by atoms with Gasteiger partial charge in [0.25, 0.3) is 0 Å². The van der Waals surface area contributed by atoms with Crippen LogP contribution in [-0.4, -0.2) is 41.8 Å². The highest BCUT2D eigenvalue weighted by atomic mass is 16.3. The molecule has 0 heterocycles. The van der Waals surface area contributed by atoms with E-state index in [1.54, 1.807) is 27.7 Å². The number of rotatable bonds is 5. The van der Waals surface area contributed by atoms with Crippen molar-refractivity contribution in [2.24, 2.45) is 0 Å². The fraction of sp³-hybridized carbons (Fsp3) is 0.800. The van der Waals surface area contributed by atoms with Crippen LogP contribution in [0.15, 0.2) is 0 Å². The summed E-state index contributed by atoms with van der Waals surface area (Å²) in [6.45, 7) is 7.30. The Bertz CT molecular complexity index is 254. The molecule has 0 aliphatic rings. The average Bonchev–Trinajstić information content (AvgIpc) is 2.17. The number of nitrogens with one attached hydrogen (secondary N) is 3. The van der Waals surface area contributed by atoms with Crippen molar-refractivity contribution in [3.05, 3.63) is 0 Å². The zero-order chi connectivity index (χ0) is 12.8. The Balaban J connectivity index is 4.14. The molecule has 0 spiro atoms. The first kappa shape index (κ1) is 14.9. The summed E-state index contributed by atoms with van der Waals surface area (Å²) >= 11 is 0. The second-order valence-corrected chi connectivity index (χ2v) is 4.26. The standard InChI is InChI=1S/C10H21N3O3/c1-5-11-9(16)12-8(15)7(2)13-10(3,4)6-14/h7,13-14H,5-6H2,1-4H3,(H2,11,12,15,16). The maximum Gasteiger partial charge on any atom is 0.321 e. The van der Waals surface area contributed by atoms with Crippen LogP contribution >= 0.6 is 0 Å². The zero-order valence-corrected chi connectivity index (χ0v) is 10.3. The summed E-state index contributed by atoms with van der Waals surface area (Å²) in [5.41, 5.74) is -0.558. The van der Waals surface area contributed by atoms with Gasteiger partial charge in [-0.1, -0.05) is 0 Å². The lowest BCUT2D eigenvalue weighted by molar-refractivity contribution is -0.122. The number of carbonyl (C=O) groups excluding carboxylic acids is 2. The first-order chi connectivity index (χ1) is 7.32. The number of carbonyl (C=O) groups is 2. The van der Waals surface area contributed by atoms with Crippen molar-refractivity contribution in [2.45, 2.75) is 39.3 Å². The third-order valence-corrected chi connectivity index (χ3v) is 1.97. The normalized spacial score (nSPS) is 13.1. The second-order valence-electron chi connectivity index (χ2n) is 4.26. The number of aliphatic hydroxyl groups is 1. The van der Waals surface area contributed by atoms with Gasteiger partial charge in [-0.25, -0.2) is 4.79 Å². The maximum atomic E-state index is 11.5. The second kappa shape index (κ2) is 6.44. The van der Waals surface area contributed by atoms with E-state index >= 15 is 0 Å². The van der Waals surface area contributed by atoms with Gasteiger partial charge < -0.3 is 10.4 Å². The molecule has 0 aromatic heterocycles. The van der Waals surface area contributed by atoms with Crippen LogP contribution in [0.3, 0.4) is 0 Å². The van der Waals surface area contributed by atoms with Gasteiger partial charge in [0.15, 0.2) is 0 Å². The number of amides is 3. The maximum absolute atomic E-state index is 11.5. The van der Waals surface area contributed by atoms with Gasteiger partial charge >= 0.3 is 6.03 Å². The topological polar surface area (TPSA) is 90.5 Å². The molecule has 1 atom stereocenters. The summed E-state index contributed by atoms with van der Waals surface area (Å²) in [5.74, 6) is -0.424. The van der Waals surface area contributed by atoms with Crippen molar-refractivity contribution in [1.29, 1.82) is 0 Å². The molecule has 16 heavy (non-hydrogen) atoms. The van der Waals surface area contributed by atoms with Gasteiger partial charge in [-0.15, -0.1) is 0 Å². The van der Waals surface area contributed by atoms with E-state index in [2.05, 4.69) is 16.0 Å². The van der Waals surface area contributed by atoms with E-state index in [4.69, 9.17) is 5.11 Å². The molecule has 0 fully saturated rings. The predicted octanol–water partition coefficient (Wildman–Crippen LogP) is -0.419. The highest BCUT2D eigenvalue weighted by Gasteiger charge is 2.23. The van der Waals surface area contributed by atoms with Crippen molar-refractivity contribution in [1.82, 2.24) is 16.0 Å². The van der Waals surface area contributed by atoms with E-state index in [1.165, 1.54) is 0 Å². The van der Waals surface area contributed by atoms with Crippen molar-refractivity contribution in [3.63, 3.8) is 0 Å². The highest BCUT2D eigenvalue weighted by Crippen LogP contribution is 2.01. The van der Waals surface area contributed by atoms with Crippen LogP contribution in [0, 0.1) is 0 Å². The molecule has 0 saturated carbocycles. The molecule has 6 nitrogen and oxygen atoms in total. The van der Waals surface area contributed by atoms with Gasteiger partial charge in [-0.2, -0.15) is 0 Å². The molecule has 4 N–H and O–H groups in total. The molecular formula is C10H21N3O3. The lowest BCUT2D eigenvalue weighted by Gasteiger charge is -2.27. The smallest absolute Gasteiger partial charge is 0.321 e. The van der Waals surface area contributed by atoms with E-state index in [0.29, 0.717) is 6.54 Å². The van der Waals surface area contributed by atoms with Crippen LogP contribution in [0.4, 0.5) is 4.79 Å². The number of urea groups is 1. The molecule has 0 aromatic rings. The summed E-state index contributed by atoms with van der Waals surface area (Å²) < 4.78 is 0. The van der Waals surface area contributed by atoms with Crippen molar-refractivity contribution >= 4 is 11.9 Å². The molecule has 0 aliphatic carbocycles. The fourth-order valence-corrected chi connectivity index (χ4v) is 1.12. The lowest BCUT2D eigenvalue weighted by Crippen LogP contribution is -2.55. The predicted molar refractivity (Wildman–Crippen MR) is 61.0 cm³/mol. The molecule has 0 rings (SSSR count). The van der Waals surface area contributed by atoms with Crippen LogP contribution in [0.25, 0.3) is 0 Å². The molecule has 0 bridgehead atoms. The van der Waals surface area contributed by atoms with Gasteiger partial charge in [0, 0.05) is 12.1 Å². The summed E-state index contributed by atoms with van der Waals surface area (Å²) in [6.07, 6.45) is 0. The Hall–Kier alpha value is -1.14. The van der Waals surface area contributed by atoms with Crippen LogP contribution in [0.1, 0.15) is 27.7 Å². The van der Waals surface area contributed by atoms with Crippen LogP contribution < -0.4 is 16.0 Å². The Morgan fingerprint density at radius 3 is 2.38 bits per heavy atom. The van der Waals surface area contributed by atoms with E-state index in [1.807, 2.05) is 0 Å². The quantitative estimate of drug-likeness (QED) is 0.517. The average molecular weight is 231 g/mol. The van der Waals surface area contributed by atoms with Gasteiger partial charge in [-0.3, -0.25) is 15.4 Å². The Morgan fingerprint density at radius 1 is 1.38 bits per heavy atom. The molecule has 6 heteroatoms. The van der Waals surface area contributed by atoms with Crippen molar-refractivity contribution in [2.75, 3.05) is 13.2 Å². The van der Waals surface area contributed by atoms with Crippen molar-refractivity contribution in [3.8, 4) is 0 Å². The molecule has 1 unspecified atom stereocenters. The summed E-state index contributed by atoms with van der Waals surface area (Å²) in [6, 6.07) is -1.06. The van der Waals surface area contributed by atoms with E-state index in [0.717, 1.165) is 0 Å². The first-order valence-electron chi connectivity index (χ1n) is 5.29. The van der Waals surface area contributed by atoms with Gasteiger partial charge in [0.2, 0.25) is 5.91 Å². The zero-order valence-electron chi connectivity index (χ0n) is 10.3. The minimum atomic E-state index is -0.558. The monoisotopic (exact) mass is 231 g/mol. The fourth-order valence-electron chi connectivity index (χ4n) is 1.12. The van der Waals surface area contributed by atoms with E-state index in [9.17, 15) is 9.59 Å². The van der Waals surface area contributed by atoms with E-state index in [-0.39, 0.29) is 6.61 Å². The number of aliphatic hydroxyl groups excluding tert-OH is 1. The Morgan fingerprint density at radius 2 is 1.94 bits per heavy atom. The first-order valence-corrected chi connectivity index (χ1v) is 5.29. The molecule has 0 saturated heterocycles. The number of hydrogen-bond donors (Lipinski definition) is 4. The summed E-state index contributed by atoms with van der Waals surface area (Å²) in [7, 11) is 0. The highest BCUT2D eigenvalue weighted by molar-refractivity contribution is 5.96. The Labute approximate surface area is 95.8 Å². The van der Waals surface area contributed by atoms with Gasteiger partial charge in [-0.05, 0) is 27.7 Å². The largest absolute Gasteiger partial charge is 0.394 e. The molecule has 0 aliphatic heterocycles. The van der Waals surface area contributed by atoms with Crippen LogP contribution in [0.5, 0.6) is 0 Å². The van der Waals surface area contributed by atoms with E-state index < -0.39 is 23.5 Å². The SMILES string of the molecule is CCNC(=O)NC(=O)C(C)NC(C)(C)CO. The summed E-state index contributed by atoms with van der Waals surface area (Å²) in [4.78, 5) is 22.6. The minimum Gasteiger partial charge on any atom is -0.394 e. The minimum absolute atomic E-state index is 0.0915. The Kier molecular flexibility index (Phi) is 5.98. The van der Waals surface area contributed by atoms with Gasteiger partial charge in [0.05, 0.1) is 12.6 Å². The third kappa shape index (κ3) is 5.67. The number of hydrogen-bond acceptors (Lipinski definition) is 4. The van der Waals surface area contributed by atoms with Crippen LogP contribution in [0.2, 0.25) is 0 Å².